The maximum atomic E-state index is 14.3. The Labute approximate surface area is 193 Å². The van der Waals surface area contributed by atoms with E-state index in [2.05, 4.69) is 5.32 Å². The van der Waals surface area contributed by atoms with Gasteiger partial charge in [0.15, 0.2) is 0 Å². The minimum Gasteiger partial charge on any atom is -0.497 e. The molecule has 1 aliphatic carbocycles. The summed E-state index contributed by atoms with van der Waals surface area (Å²) in [6.45, 7) is 1.93. The first-order valence-corrected chi connectivity index (χ1v) is 11.4. The van der Waals surface area contributed by atoms with Crippen LogP contribution in [0.5, 0.6) is 5.75 Å². The third-order valence-electron chi connectivity index (χ3n) is 6.02. The van der Waals surface area contributed by atoms with E-state index in [1.165, 1.54) is 23.5 Å². The molecule has 0 aromatic heterocycles. The molecular formula is C25H30ClFN2O3. The van der Waals surface area contributed by atoms with Gasteiger partial charge in [0.05, 0.1) is 13.5 Å². The maximum Gasteiger partial charge on any atom is 0.242 e. The molecule has 2 aromatic rings. The lowest BCUT2D eigenvalue weighted by atomic mass is 9.95. The van der Waals surface area contributed by atoms with Gasteiger partial charge in [-0.15, -0.1) is 0 Å². The Hall–Kier alpha value is -2.60. The highest BCUT2D eigenvalue weighted by Crippen LogP contribution is 2.23. The topological polar surface area (TPSA) is 58.6 Å². The summed E-state index contributed by atoms with van der Waals surface area (Å²) in [6.07, 6.45) is 5.07. The molecule has 0 bridgehead atoms. The van der Waals surface area contributed by atoms with Gasteiger partial charge >= 0.3 is 0 Å². The quantitative estimate of drug-likeness (QED) is 0.609. The second kappa shape index (κ2) is 11.3. The summed E-state index contributed by atoms with van der Waals surface area (Å²) in [4.78, 5) is 27.8. The van der Waals surface area contributed by atoms with E-state index in [-0.39, 0.29) is 41.4 Å². The van der Waals surface area contributed by atoms with Gasteiger partial charge in [-0.1, -0.05) is 49.1 Å². The van der Waals surface area contributed by atoms with Crippen molar-refractivity contribution in [1.82, 2.24) is 10.2 Å². The highest BCUT2D eigenvalue weighted by Gasteiger charge is 2.29. The van der Waals surface area contributed by atoms with Crippen LogP contribution < -0.4 is 10.1 Å². The molecule has 172 valence electrons. The molecule has 32 heavy (non-hydrogen) atoms. The van der Waals surface area contributed by atoms with Gasteiger partial charge in [-0.25, -0.2) is 4.39 Å². The fraction of sp³-hybridized carbons (Fsp3) is 0.440. The van der Waals surface area contributed by atoms with Crippen LogP contribution in [-0.2, 0) is 22.6 Å². The predicted molar refractivity (Wildman–Crippen MR) is 123 cm³/mol. The summed E-state index contributed by atoms with van der Waals surface area (Å²) in [6, 6.07) is 11.1. The minimum atomic E-state index is -0.711. The van der Waals surface area contributed by atoms with Crippen LogP contribution in [0.2, 0.25) is 5.02 Å². The van der Waals surface area contributed by atoms with Crippen molar-refractivity contribution in [2.75, 3.05) is 7.11 Å². The molecule has 0 aliphatic heterocycles. The molecule has 5 nitrogen and oxygen atoms in total. The fourth-order valence-electron chi connectivity index (χ4n) is 4.03. The van der Waals surface area contributed by atoms with E-state index in [9.17, 15) is 14.0 Å². The van der Waals surface area contributed by atoms with E-state index in [1.54, 1.807) is 32.2 Å². The smallest absolute Gasteiger partial charge is 0.242 e. The minimum absolute atomic E-state index is 0.137. The fourth-order valence-corrected chi connectivity index (χ4v) is 4.26. The molecule has 3 rings (SSSR count). The second-order valence-corrected chi connectivity index (χ2v) is 8.67. The molecule has 1 unspecified atom stereocenters. The lowest BCUT2D eigenvalue weighted by Crippen LogP contribution is -2.50. The molecule has 0 radical (unpaired) electrons. The van der Waals surface area contributed by atoms with E-state index in [0.29, 0.717) is 5.75 Å². The average Bonchev–Trinajstić information content (AvgIpc) is 2.80. The molecule has 7 heteroatoms. The zero-order valence-electron chi connectivity index (χ0n) is 18.6. The van der Waals surface area contributed by atoms with Crippen LogP contribution in [0, 0.1) is 5.82 Å². The van der Waals surface area contributed by atoms with Crippen LogP contribution >= 0.6 is 11.6 Å². The maximum absolute atomic E-state index is 14.3. The highest BCUT2D eigenvalue weighted by atomic mass is 35.5. The summed E-state index contributed by atoms with van der Waals surface area (Å²) in [5.74, 6) is -0.389. The number of nitrogens with zero attached hydrogens (tertiary/aromatic N) is 1. The van der Waals surface area contributed by atoms with Crippen molar-refractivity contribution in [3.63, 3.8) is 0 Å². The Balaban J connectivity index is 1.80. The van der Waals surface area contributed by atoms with Crippen LogP contribution in [0.15, 0.2) is 42.5 Å². The summed E-state index contributed by atoms with van der Waals surface area (Å²) in [5, 5.41) is 3.29. The Morgan fingerprint density at radius 2 is 1.84 bits per heavy atom. The molecule has 1 atom stereocenters. The van der Waals surface area contributed by atoms with Gasteiger partial charge in [0.1, 0.15) is 17.6 Å². The summed E-state index contributed by atoms with van der Waals surface area (Å²) in [5.41, 5.74) is 0.981. The molecule has 0 saturated heterocycles. The summed E-state index contributed by atoms with van der Waals surface area (Å²) >= 11 is 6.14. The first kappa shape index (κ1) is 24.1. The molecule has 0 heterocycles. The number of ether oxygens (including phenoxy) is 1. The monoisotopic (exact) mass is 460 g/mol. The largest absolute Gasteiger partial charge is 0.497 e. The number of rotatable bonds is 8. The van der Waals surface area contributed by atoms with E-state index < -0.39 is 11.9 Å². The number of hydrogen-bond donors (Lipinski definition) is 1. The Morgan fingerprint density at radius 3 is 2.47 bits per heavy atom. The molecule has 0 spiro atoms. The number of methoxy groups -OCH3 is 1. The van der Waals surface area contributed by atoms with E-state index >= 15 is 0 Å². The first-order valence-electron chi connectivity index (χ1n) is 11.0. The lowest BCUT2D eigenvalue weighted by molar-refractivity contribution is -0.140. The number of amides is 2. The van der Waals surface area contributed by atoms with Crippen molar-refractivity contribution >= 4 is 23.4 Å². The van der Waals surface area contributed by atoms with E-state index in [4.69, 9.17) is 16.3 Å². The van der Waals surface area contributed by atoms with Crippen LogP contribution in [0.3, 0.4) is 0 Å². The van der Waals surface area contributed by atoms with Gasteiger partial charge in [-0.05, 0) is 49.6 Å². The lowest BCUT2D eigenvalue weighted by Gasteiger charge is -2.31. The van der Waals surface area contributed by atoms with E-state index in [0.717, 1.165) is 31.2 Å². The van der Waals surface area contributed by atoms with E-state index in [1.807, 2.05) is 12.1 Å². The number of hydrogen-bond acceptors (Lipinski definition) is 3. The van der Waals surface area contributed by atoms with Gasteiger partial charge < -0.3 is 15.0 Å². The number of carbonyl (C=O) groups is 2. The number of carbonyl (C=O) groups excluding carboxylic acids is 2. The van der Waals surface area contributed by atoms with Crippen molar-refractivity contribution in [3.8, 4) is 5.75 Å². The van der Waals surface area contributed by atoms with Crippen LogP contribution in [0.1, 0.15) is 50.2 Å². The molecule has 1 fully saturated rings. The predicted octanol–water partition coefficient (Wildman–Crippen LogP) is 4.90. The van der Waals surface area contributed by atoms with Gasteiger partial charge in [-0.2, -0.15) is 0 Å². The van der Waals surface area contributed by atoms with Crippen LogP contribution in [-0.4, -0.2) is 35.9 Å². The molecular weight excluding hydrogens is 431 g/mol. The summed E-state index contributed by atoms with van der Waals surface area (Å²) < 4.78 is 19.5. The van der Waals surface area contributed by atoms with Crippen molar-refractivity contribution in [3.05, 3.63) is 64.4 Å². The van der Waals surface area contributed by atoms with Crippen LogP contribution in [0.25, 0.3) is 0 Å². The number of halogens is 2. The van der Waals surface area contributed by atoms with Crippen molar-refractivity contribution in [2.45, 2.75) is 64.1 Å². The van der Waals surface area contributed by atoms with Crippen molar-refractivity contribution < 1.29 is 18.7 Å². The zero-order chi connectivity index (χ0) is 23.1. The third-order valence-corrected chi connectivity index (χ3v) is 6.37. The molecule has 1 aliphatic rings. The Bertz CT molecular complexity index is 909. The Kier molecular flexibility index (Phi) is 8.51. The van der Waals surface area contributed by atoms with Crippen molar-refractivity contribution in [1.29, 1.82) is 0 Å². The number of benzene rings is 2. The molecule has 1 saturated carbocycles. The second-order valence-electron chi connectivity index (χ2n) is 8.27. The number of nitrogens with one attached hydrogen (secondary N) is 1. The normalized spacial score (nSPS) is 15.1. The van der Waals surface area contributed by atoms with Gasteiger partial charge in [0.2, 0.25) is 11.8 Å². The van der Waals surface area contributed by atoms with Gasteiger partial charge in [0, 0.05) is 23.2 Å². The van der Waals surface area contributed by atoms with Crippen molar-refractivity contribution in [2.24, 2.45) is 0 Å². The average molecular weight is 461 g/mol. The SMILES string of the molecule is COc1ccc(CN(C(=O)Cc2c(F)cccc2Cl)C(C)C(=O)NC2CCCCC2)cc1. The van der Waals surface area contributed by atoms with Gasteiger partial charge in [0.25, 0.3) is 0 Å². The standard InChI is InChI=1S/C25H30ClFN2O3/c1-17(25(31)28-19-7-4-3-5-8-19)29(16-18-11-13-20(32-2)14-12-18)24(30)15-21-22(26)9-6-10-23(21)27/h6,9-14,17,19H,3-5,7-8,15-16H2,1-2H3,(H,28,31). The molecule has 2 amide bonds. The molecule has 1 N–H and O–H groups in total. The Morgan fingerprint density at radius 1 is 1.16 bits per heavy atom. The van der Waals surface area contributed by atoms with Crippen LogP contribution in [0.4, 0.5) is 4.39 Å². The highest BCUT2D eigenvalue weighted by molar-refractivity contribution is 6.31. The third kappa shape index (κ3) is 6.22. The first-order chi connectivity index (χ1) is 15.4. The summed E-state index contributed by atoms with van der Waals surface area (Å²) in [7, 11) is 1.58. The molecule has 2 aromatic carbocycles. The van der Waals surface area contributed by atoms with Gasteiger partial charge in [-0.3, -0.25) is 9.59 Å². The zero-order valence-corrected chi connectivity index (χ0v) is 19.3.